The summed E-state index contributed by atoms with van der Waals surface area (Å²) in [5, 5.41) is 0. The third-order valence-corrected chi connectivity index (χ3v) is 3.80. The van der Waals surface area contributed by atoms with Crippen LogP contribution in [0.3, 0.4) is 0 Å². The highest BCUT2D eigenvalue weighted by Crippen LogP contribution is 2.29. The lowest BCUT2D eigenvalue weighted by molar-refractivity contribution is -0.118. The van der Waals surface area contributed by atoms with Crippen LogP contribution in [-0.4, -0.2) is 18.9 Å². The molecular formula is C16H23NO. The van der Waals surface area contributed by atoms with E-state index in [-0.39, 0.29) is 0 Å². The van der Waals surface area contributed by atoms with Crippen LogP contribution in [0.25, 0.3) is 0 Å². The molecule has 0 radical (unpaired) electrons. The highest BCUT2D eigenvalue weighted by atomic mass is 16.1. The Kier molecular flexibility index (Phi) is 3.74. The lowest BCUT2D eigenvalue weighted by Gasteiger charge is -2.30. The standard InChI is InChI=1S/C16H23NO/c1-11(2)15-8-13(4)16(9-12(15)3)17-7-5-6-14(18)10-17/h8-9,11H,5-7,10H2,1-4H3. The first-order chi connectivity index (χ1) is 8.49. The van der Waals surface area contributed by atoms with Crippen LogP contribution in [0.2, 0.25) is 0 Å². The van der Waals surface area contributed by atoms with Gasteiger partial charge >= 0.3 is 0 Å². The van der Waals surface area contributed by atoms with Crippen molar-refractivity contribution in [3.8, 4) is 0 Å². The van der Waals surface area contributed by atoms with Gasteiger partial charge in [-0.2, -0.15) is 0 Å². The van der Waals surface area contributed by atoms with E-state index in [2.05, 4.69) is 44.7 Å². The number of piperidine rings is 1. The van der Waals surface area contributed by atoms with Gasteiger partial charge in [-0.3, -0.25) is 4.79 Å². The number of carbonyl (C=O) groups excluding carboxylic acids is 1. The van der Waals surface area contributed by atoms with Crippen LogP contribution in [0.1, 0.15) is 49.3 Å². The summed E-state index contributed by atoms with van der Waals surface area (Å²) in [5.74, 6) is 0.923. The van der Waals surface area contributed by atoms with Crippen LogP contribution >= 0.6 is 0 Å². The van der Waals surface area contributed by atoms with E-state index in [0.29, 0.717) is 18.2 Å². The predicted molar refractivity (Wildman–Crippen MR) is 76.5 cm³/mol. The Morgan fingerprint density at radius 3 is 2.50 bits per heavy atom. The maximum atomic E-state index is 11.6. The maximum absolute atomic E-state index is 11.6. The molecule has 0 N–H and O–H groups in total. The molecule has 1 fully saturated rings. The van der Waals surface area contributed by atoms with Crippen LogP contribution in [-0.2, 0) is 4.79 Å². The van der Waals surface area contributed by atoms with Crippen molar-refractivity contribution in [2.45, 2.75) is 46.5 Å². The summed E-state index contributed by atoms with van der Waals surface area (Å²) in [6, 6.07) is 4.54. The minimum Gasteiger partial charge on any atom is -0.364 e. The summed E-state index contributed by atoms with van der Waals surface area (Å²) in [4.78, 5) is 13.8. The number of ketones is 1. The first kappa shape index (κ1) is 13.1. The molecule has 1 aromatic carbocycles. The number of rotatable bonds is 2. The first-order valence-corrected chi connectivity index (χ1v) is 6.87. The van der Waals surface area contributed by atoms with Crippen molar-refractivity contribution in [2.75, 3.05) is 18.0 Å². The smallest absolute Gasteiger partial charge is 0.152 e. The van der Waals surface area contributed by atoms with Crippen LogP contribution < -0.4 is 4.90 Å². The molecule has 1 aromatic rings. The van der Waals surface area contributed by atoms with Gasteiger partial charge in [0.1, 0.15) is 0 Å². The number of nitrogens with zero attached hydrogens (tertiary/aromatic N) is 1. The monoisotopic (exact) mass is 245 g/mol. The molecule has 18 heavy (non-hydrogen) atoms. The Morgan fingerprint density at radius 1 is 1.17 bits per heavy atom. The van der Waals surface area contributed by atoms with Crippen LogP contribution in [0.15, 0.2) is 12.1 Å². The first-order valence-electron chi connectivity index (χ1n) is 6.87. The van der Waals surface area contributed by atoms with Crippen LogP contribution in [0.4, 0.5) is 5.69 Å². The molecule has 0 spiro atoms. The molecule has 1 aliphatic heterocycles. The van der Waals surface area contributed by atoms with Gasteiger partial charge in [0.2, 0.25) is 0 Å². The van der Waals surface area contributed by atoms with Gasteiger partial charge < -0.3 is 4.90 Å². The van der Waals surface area contributed by atoms with Gasteiger partial charge in [-0.15, -0.1) is 0 Å². The highest BCUT2D eigenvalue weighted by Gasteiger charge is 2.19. The lowest BCUT2D eigenvalue weighted by atomic mass is 9.94. The minimum atomic E-state index is 0.367. The molecule has 0 amide bonds. The second-order valence-electron chi connectivity index (χ2n) is 5.71. The van der Waals surface area contributed by atoms with Gasteiger partial charge in [-0.1, -0.05) is 19.9 Å². The summed E-state index contributed by atoms with van der Waals surface area (Å²) in [6.45, 7) is 10.4. The van der Waals surface area contributed by atoms with E-state index in [1.54, 1.807) is 0 Å². The maximum Gasteiger partial charge on any atom is 0.152 e. The van der Waals surface area contributed by atoms with Gasteiger partial charge in [0, 0.05) is 18.7 Å². The Hall–Kier alpha value is -1.31. The number of hydrogen-bond acceptors (Lipinski definition) is 2. The van der Waals surface area contributed by atoms with E-state index in [0.717, 1.165) is 19.4 Å². The number of hydrogen-bond donors (Lipinski definition) is 0. The van der Waals surface area contributed by atoms with Gasteiger partial charge in [0.05, 0.1) is 6.54 Å². The Morgan fingerprint density at radius 2 is 1.89 bits per heavy atom. The van der Waals surface area contributed by atoms with E-state index in [9.17, 15) is 4.79 Å². The predicted octanol–water partition coefficient (Wildman–Crippen LogP) is 3.60. The molecule has 98 valence electrons. The summed E-state index contributed by atoms with van der Waals surface area (Å²) in [5.41, 5.74) is 5.28. The molecular weight excluding hydrogens is 222 g/mol. The molecule has 0 unspecified atom stereocenters. The van der Waals surface area contributed by atoms with E-state index in [4.69, 9.17) is 0 Å². The van der Waals surface area contributed by atoms with E-state index >= 15 is 0 Å². The fourth-order valence-electron chi connectivity index (χ4n) is 2.83. The van der Waals surface area contributed by atoms with Crippen molar-refractivity contribution >= 4 is 11.5 Å². The van der Waals surface area contributed by atoms with Crippen molar-refractivity contribution in [3.05, 3.63) is 28.8 Å². The molecule has 0 aliphatic carbocycles. The number of aryl methyl sites for hydroxylation is 2. The Balaban J connectivity index is 2.34. The minimum absolute atomic E-state index is 0.367. The normalized spacial score (nSPS) is 16.5. The van der Waals surface area contributed by atoms with Gasteiger partial charge in [0.25, 0.3) is 0 Å². The van der Waals surface area contributed by atoms with E-state index < -0.39 is 0 Å². The largest absolute Gasteiger partial charge is 0.364 e. The summed E-state index contributed by atoms with van der Waals surface area (Å²) < 4.78 is 0. The van der Waals surface area contributed by atoms with Crippen molar-refractivity contribution in [1.82, 2.24) is 0 Å². The summed E-state index contributed by atoms with van der Waals surface area (Å²) >= 11 is 0. The quantitative estimate of drug-likeness (QED) is 0.793. The zero-order valence-electron chi connectivity index (χ0n) is 11.9. The lowest BCUT2D eigenvalue weighted by Crippen LogP contribution is -2.36. The number of Topliss-reactive ketones (excluding diaryl/α,β-unsaturated/α-hetero) is 1. The summed E-state index contributed by atoms with van der Waals surface area (Å²) in [6.07, 6.45) is 1.74. The topological polar surface area (TPSA) is 20.3 Å². The average molecular weight is 245 g/mol. The van der Waals surface area contributed by atoms with E-state index in [1.807, 2.05) is 0 Å². The molecule has 0 saturated carbocycles. The molecule has 2 nitrogen and oxygen atoms in total. The van der Waals surface area contributed by atoms with Gasteiger partial charge in [-0.05, 0) is 48.9 Å². The number of anilines is 1. The van der Waals surface area contributed by atoms with Gasteiger partial charge in [-0.25, -0.2) is 0 Å². The number of benzene rings is 1. The highest BCUT2D eigenvalue weighted by molar-refractivity contribution is 5.85. The zero-order valence-corrected chi connectivity index (χ0v) is 11.9. The van der Waals surface area contributed by atoms with Crippen molar-refractivity contribution < 1.29 is 4.79 Å². The van der Waals surface area contributed by atoms with Crippen LogP contribution in [0.5, 0.6) is 0 Å². The Bertz CT molecular complexity index is 462. The molecule has 1 heterocycles. The van der Waals surface area contributed by atoms with Crippen molar-refractivity contribution in [2.24, 2.45) is 0 Å². The fourth-order valence-corrected chi connectivity index (χ4v) is 2.83. The van der Waals surface area contributed by atoms with Crippen LogP contribution in [0, 0.1) is 13.8 Å². The number of carbonyl (C=O) groups is 1. The summed E-state index contributed by atoms with van der Waals surface area (Å²) in [7, 11) is 0. The van der Waals surface area contributed by atoms with Gasteiger partial charge in [0.15, 0.2) is 5.78 Å². The molecule has 0 aromatic heterocycles. The molecule has 0 bridgehead atoms. The third-order valence-electron chi connectivity index (χ3n) is 3.80. The third kappa shape index (κ3) is 2.58. The van der Waals surface area contributed by atoms with E-state index in [1.165, 1.54) is 22.4 Å². The SMILES string of the molecule is Cc1cc(N2CCCC(=O)C2)c(C)cc1C(C)C. The molecule has 2 heteroatoms. The van der Waals surface area contributed by atoms with Crippen molar-refractivity contribution in [3.63, 3.8) is 0 Å². The molecule has 1 saturated heterocycles. The molecule has 1 aliphatic rings. The average Bonchev–Trinajstić information content (AvgIpc) is 2.31. The molecule has 2 rings (SSSR count). The Labute approximate surface area is 110 Å². The fraction of sp³-hybridized carbons (Fsp3) is 0.562. The zero-order chi connectivity index (χ0) is 13.3. The second-order valence-corrected chi connectivity index (χ2v) is 5.71. The molecule has 0 atom stereocenters. The van der Waals surface area contributed by atoms with Crippen molar-refractivity contribution in [1.29, 1.82) is 0 Å². The second kappa shape index (κ2) is 5.13.